The highest BCUT2D eigenvalue weighted by atomic mass is 32.1. The molecule has 0 aliphatic heterocycles. The van der Waals surface area contributed by atoms with E-state index in [2.05, 4.69) is 59.2 Å². The Hall–Kier alpha value is -2.92. The Morgan fingerprint density at radius 1 is 0.871 bits per heavy atom. The van der Waals surface area contributed by atoms with Gasteiger partial charge in [0.05, 0.1) is 4.88 Å². The molecule has 6 rings (SSSR count). The van der Waals surface area contributed by atoms with Gasteiger partial charge in [0.2, 0.25) is 5.91 Å². The van der Waals surface area contributed by atoms with E-state index in [-0.39, 0.29) is 11.8 Å². The average Bonchev–Trinajstić information content (AvgIpc) is 3.36. The highest BCUT2D eigenvalue weighted by Gasteiger charge is 2.42. The van der Waals surface area contributed by atoms with Crippen LogP contribution in [0.2, 0.25) is 0 Å². The maximum Gasteiger partial charge on any atom is 0.261 e. The second-order valence-corrected chi connectivity index (χ2v) is 9.37. The number of nitrogens with one attached hydrogen (secondary N) is 2. The molecule has 3 aliphatic rings. The van der Waals surface area contributed by atoms with Gasteiger partial charge in [-0.2, -0.15) is 0 Å². The maximum atomic E-state index is 12.4. The van der Waals surface area contributed by atoms with E-state index in [0.717, 1.165) is 6.42 Å². The van der Waals surface area contributed by atoms with Gasteiger partial charge in [0.1, 0.15) is 0 Å². The molecule has 1 aromatic heterocycles. The lowest BCUT2D eigenvalue weighted by molar-refractivity contribution is -0.121. The fraction of sp³-hybridized carbons (Fsp3) is 0.308. The van der Waals surface area contributed by atoms with Gasteiger partial charge in [-0.15, -0.1) is 11.3 Å². The standard InChI is InChI=1S/C26H26N2O2S/c29-24(12-5-13-27-26(30)23-11-6-14-31-23)28-16-17-15-22-18-7-1-3-9-20(18)25(17)21-10-4-2-8-19(21)22/h1-4,6-11,14,17,22,25H,5,12-13,15-16H2,(H,27,30)(H,28,29). The van der Waals surface area contributed by atoms with E-state index in [1.165, 1.54) is 33.6 Å². The van der Waals surface area contributed by atoms with Crippen molar-refractivity contribution in [1.29, 1.82) is 0 Å². The summed E-state index contributed by atoms with van der Waals surface area (Å²) in [5.74, 6) is 1.19. The van der Waals surface area contributed by atoms with Crippen molar-refractivity contribution in [3.8, 4) is 0 Å². The molecular formula is C26H26N2O2S. The first-order valence-electron chi connectivity index (χ1n) is 11.0. The molecule has 3 aliphatic carbocycles. The van der Waals surface area contributed by atoms with Crippen LogP contribution in [0, 0.1) is 5.92 Å². The zero-order valence-electron chi connectivity index (χ0n) is 17.3. The van der Waals surface area contributed by atoms with Crippen molar-refractivity contribution >= 4 is 23.2 Å². The van der Waals surface area contributed by atoms with Crippen LogP contribution in [0.15, 0.2) is 66.0 Å². The highest BCUT2D eigenvalue weighted by Crippen LogP contribution is 2.55. The van der Waals surface area contributed by atoms with Crippen LogP contribution in [0.4, 0.5) is 0 Å². The number of carbonyl (C=O) groups excluding carboxylic acids is 2. The number of hydrogen-bond acceptors (Lipinski definition) is 3. The maximum absolute atomic E-state index is 12.4. The number of rotatable bonds is 7. The average molecular weight is 431 g/mol. The predicted octanol–water partition coefficient (Wildman–Crippen LogP) is 4.67. The molecule has 0 radical (unpaired) electrons. The van der Waals surface area contributed by atoms with E-state index in [4.69, 9.17) is 0 Å². The quantitative estimate of drug-likeness (QED) is 0.535. The van der Waals surface area contributed by atoms with Gasteiger partial charge >= 0.3 is 0 Å². The van der Waals surface area contributed by atoms with Crippen molar-refractivity contribution in [2.24, 2.45) is 5.92 Å². The Kier molecular flexibility index (Phi) is 5.60. The third-order valence-corrected chi connectivity index (χ3v) is 7.46. The minimum atomic E-state index is -0.0639. The summed E-state index contributed by atoms with van der Waals surface area (Å²) in [6.07, 6.45) is 2.15. The van der Waals surface area contributed by atoms with E-state index >= 15 is 0 Å². The van der Waals surface area contributed by atoms with E-state index in [9.17, 15) is 9.59 Å². The van der Waals surface area contributed by atoms with E-state index < -0.39 is 0 Å². The van der Waals surface area contributed by atoms with Gasteiger partial charge < -0.3 is 10.6 Å². The molecule has 31 heavy (non-hydrogen) atoms. The Bertz CT molecular complexity index is 1040. The van der Waals surface area contributed by atoms with Crippen LogP contribution in [0.25, 0.3) is 0 Å². The number of benzene rings is 2. The molecule has 2 bridgehead atoms. The fourth-order valence-corrected chi connectivity index (χ4v) is 5.88. The van der Waals surface area contributed by atoms with E-state index in [0.29, 0.717) is 48.6 Å². The highest BCUT2D eigenvalue weighted by molar-refractivity contribution is 7.12. The van der Waals surface area contributed by atoms with Crippen molar-refractivity contribution in [1.82, 2.24) is 10.6 Å². The summed E-state index contributed by atoms with van der Waals surface area (Å²) in [4.78, 5) is 25.1. The minimum absolute atomic E-state index is 0.0633. The number of thiophene rings is 1. The molecular weight excluding hydrogens is 404 g/mol. The predicted molar refractivity (Wildman–Crippen MR) is 124 cm³/mol. The molecule has 5 heteroatoms. The zero-order chi connectivity index (χ0) is 21.2. The van der Waals surface area contributed by atoms with Crippen LogP contribution >= 0.6 is 11.3 Å². The van der Waals surface area contributed by atoms with E-state index in [1.54, 1.807) is 6.07 Å². The molecule has 0 saturated carbocycles. The van der Waals surface area contributed by atoms with Crippen molar-refractivity contribution in [2.45, 2.75) is 31.1 Å². The molecule has 0 saturated heterocycles. The summed E-state index contributed by atoms with van der Waals surface area (Å²) in [5.41, 5.74) is 5.76. The van der Waals surface area contributed by atoms with Gasteiger partial charge in [0.15, 0.2) is 0 Å². The number of carbonyl (C=O) groups is 2. The lowest BCUT2D eigenvalue weighted by atomic mass is 9.59. The first-order chi connectivity index (χ1) is 15.2. The zero-order valence-corrected chi connectivity index (χ0v) is 18.2. The number of hydrogen-bond donors (Lipinski definition) is 2. The second kappa shape index (κ2) is 8.67. The molecule has 4 nitrogen and oxygen atoms in total. The Morgan fingerprint density at radius 2 is 1.55 bits per heavy atom. The van der Waals surface area contributed by atoms with Gasteiger partial charge in [-0.1, -0.05) is 54.6 Å². The number of fused-ring (bicyclic) bond motifs is 1. The normalized spacial score (nSPS) is 20.6. The topological polar surface area (TPSA) is 58.2 Å². The molecule has 158 valence electrons. The monoisotopic (exact) mass is 430 g/mol. The van der Waals surface area contributed by atoms with Crippen LogP contribution in [-0.2, 0) is 4.79 Å². The third kappa shape index (κ3) is 3.90. The van der Waals surface area contributed by atoms with Gasteiger partial charge in [-0.25, -0.2) is 0 Å². The number of amides is 2. The summed E-state index contributed by atoms with van der Waals surface area (Å²) in [6, 6.07) is 21.2. The summed E-state index contributed by atoms with van der Waals surface area (Å²) in [6.45, 7) is 1.21. The molecule has 1 atom stereocenters. The molecule has 3 aromatic rings. The second-order valence-electron chi connectivity index (χ2n) is 8.42. The third-order valence-electron chi connectivity index (χ3n) is 6.60. The molecule has 0 fully saturated rings. The van der Waals surface area contributed by atoms with Crippen LogP contribution in [-0.4, -0.2) is 24.9 Å². The minimum Gasteiger partial charge on any atom is -0.356 e. The van der Waals surface area contributed by atoms with Crippen molar-refractivity contribution < 1.29 is 9.59 Å². The molecule has 1 unspecified atom stereocenters. The summed E-state index contributed by atoms with van der Waals surface area (Å²) < 4.78 is 0. The van der Waals surface area contributed by atoms with Gasteiger partial charge in [-0.3, -0.25) is 9.59 Å². The van der Waals surface area contributed by atoms with Crippen LogP contribution in [0.3, 0.4) is 0 Å². The van der Waals surface area contributed by atoms with Crippen molar-refractivity contribution in [3.05, 3.63) is 93.2 Å². The Balaban J connectivity index is 1.16. The van der Waals surface area contributed by atoms with Crippen molar-refractivity contribution in [2.75, 3.05) is 13.1 Å². The largest absolute Gasteiger partial charge is 0.356 e. The summed E-state index contributed by atoms with van der Waals surface area (Å²) in [7, 11) is 0. The Labute approximate surface area is 186 Å². The molecule has 0 spiro atoms. The lowest BCUT2D eigenvalue weighted by Crippen LogP contribution is -2.39. The van der Waals surface area contributed by atoms with Crippen LogP contribution < -0.4 is 10.6 Å². The summed E-state index contributed by atoms with van der Waals surface area (Å²) >= 11 is 1.42. The van der Waals surface area contributed by atoms with Crippen LogP contribution in [0.5, 0.6) is 0 Å². The molecule has 2 N–H and O–H groups in total. The Morgan fingerprint density at radius 3 is 2.19 bits per heavy atom. The molecule has 2 amide bonds. The first-order valence-corrected chi connectivity index (χ1v) is 11.9. The van der Waals surface area contributed by atoms with E-state index in [1.807, 2.05) is 11.4 Å². The lowest BCUT2D eigenvalue weighted by Gasteiger charge is -2.45. The van der Waals surface area contributed by atoms with Gasteiger partial charge in [0.25, 0.3) is 5.91 Å². The SMILES string of the molecule is O=C(CCCNC(=O)c1cccs1)NCC1CC2c3ccccc3C1c1ccccc12. The van der Waals surface area contributed by atoms with Gasteiger partial charge in [0, 0.05) is 31.3 Å². The molecule has 1 heterocycles. The first kappa shape index (κ1) is 20.0. The van der Waals surface area contributed by atoms with Gasteiger partial charge in [-0.05, 0) is 52.5 Å². The molecule has 2 aromatic carbocycles. The summed E-state index contributed by atoms with van der Waals surface area (Å²) in [5, 5.41) is 7.93. The fourth-order valence-electron chi connectivity index (χ4n) is 5.24. The van der Waals surface area contributed by atoms with Crippen LogP contribution in [0.1, 0.15) is 63.0 Å². The smallest absolute Gasteiger partial charge is 0.261 e. The van der Waals surface area contributed by atoms with Crippen molar-refractivity contribution in [3.63, 3.8) is 0 Å².